The van der Waals surface area contributed by atoms with Crippen molar-refractivity contribution >= 4 is 34.6 Å². The van der Waals surface area contributed by atoms with Gasteiger partial charge in [-0.1, -0.05) is 18.2 Å². The Morgan fingerprint density at radius 1 is 1.11 bits per heavy atom. The summed E-state index contributed by atoms with van der Waals surface area (Å²) in [7, 11) is 0. The van der Waals surface area contributed by atoms with E-state index in [1.807, 2.05) is 0 Å². The summed E-state index contributed by atoms with van der Waals surface area (Å²) in [5, 5.41) is 11.5. The molecule has 138 valence electrons. The van der Waals surface area contributed by atoms with Gasteiger partial charge < -0.3 is 9.15 Å². The summed E-state index contributed by atoms with van der Waals surface area (Å²) in [5.74, 6) is -0.809. The third-order valence-corrected chi connectivity index (χ3v) is 4.35. The summed E-state index contributed by atoms with van der Waals surface area (Å²) in [6.07, 6.45) is 2.53. The molecule has 2 heterocycles. The van der Waals surface area contributed by atoms with Gasteiger partial charge in [-0.15, -0.1) is 0 Å². The summed E-state index contributed by atoms with van der Waals surface area (Å²) in [5.41, 5.74) is 0.721. The number of carbonyl (C=O) groups excluding carboxylic acids is 1. The molecule has 8 nitrogen and oxygen atoms in total. The quantitative estimate of drug-likeness (QED) is 0.300. The zero-order valence-corrected chi connectivity index (χ0v) is 14.5. The Morgan fingerprint density at radius 2 is 1.89 bits per heavy atom. The van der Waals surface area contributed by atoms with E-state index in [1.54, 1.807) is 37.3 Å². The van der Waals surface area contributed by atoms with Crippen molar-refractivity contribution in [3.05, 3.63) is 91.5 Å². The van der Waals surface area contributed by atoms with Crippen LogP contribution in [0.4, 0.5) is 5.69 Å². The van der Waals surface area contributed by atoms with Crippen LogP contribution in [-0.4, -0.2) is 16.8 Å². The summed E-state index contributed by atoms with van der Waals surface area (Å²) in [6.45, 7) is 1.55. The van der Waals surface area contributed by atoms with Crippen molar-refractivity contribution in [2.75, 3.05) is 0 Å². The lowest BCUT2D eigenvalue weighted by atomic mass is 10.1. The van der Waals surface area contributed by atoms with Crippen LogP contribution in [0, 0.1) is 17.0 Å². The molecule has 1 aromatic heterocycles. The second-order valence-electron chi connectivity index (χ2n) is 6.06. The molecule has 4 rings (SSSR count). The van der Waals surface area contributed by atoms with Crippen LogP contribution in [0.3, 0.4) is 0 Å². The Hall–Kier alpha value is -4.07. The van der Waals surface area contributed by atoms with E-state index in [0.717, 1.165) is 0 Å². The molecule has 8 heteroatoms. The lowest BCUT2D eigenvalue weighted by Gasteiger charge is -2.04. The highest BCUT2D eigenvalue weighted by molar-refractivity contribution is 6.13. The van der Waals surface area contributed by atoms with Crippen LogP contribution in [-0.2, 0) is 9.53 Å². The maximum Gasteiger partial charge on any atom is 0.363 e. The third kappa shape index (κ3) is 2.86. The Kier molecular flexibility index (Phi) is 4.08. The van der Waals surface area contributed by atoms with Crippen molar-refractivity contribution in [1.29, 1.82) is 0 Å². The largest absolute Gasteiger partial charge is 0.463 e. The molecule has 0 bridgehead atoms. The number of nitro groups is 1. The minimum atomic E-state index is -0.756. The molecule has 0 saturated heterocycles. The minimum absolute atomic E-state index is 0.0531. The fourth-order valence-corrected chi connectivity index (χ4v) is 2.92. The van der Waals surface area contributed by atoms with E-state index in [4.69, 9.17) is 9.15 Å². The lowest BCUT2D eigenvalue weighted by molar-refractivity contribution is -0.385. The van der Waals surface area contributed by atoms with Gasteiger partial charge in [-0.2, -0.15) is 0 Å². The van der Waals surface area contributed by atoms with Gasteiger partial charge >= 0.3 is 5.97 Å². The van der Waals surface area contributed by atoms with Crippen molar-refractivity contribution in [1.82, 2.24) is 0 Å². The molecule has 0 amide bonds. The van der Waals surface area contributed by atoms with Crippen molar-refractivity contribution in [2.24, 2.45) is 4.99 Å². The molecule has 0 unspecified atom stereocenters. The highest BCUT2D eigenvalue weighted by Gasteiger charge is 2.27. The molecule has 28 heavy (non-hydrogen) atoms. The first-order valence-corrected chi connectivity index (χ1v) is 8.23. The van der Waals surface area contributed by atoms with Gasteiger partial charge in [-0.3, -0.25) is 14.9 Å². The van der Waals surface area contributed by atoms with Gasteiger partial charge in [-0.25, -0.2) is 9.79 Å². The molecule has 3 aromatic rings. The molecule has 0 fully saturated rings. The molecule has 0 N–H and O–H groups in total. The van der Waals surface area contributed by atoms with Crippen LogP contribution in [0.15, 0.2) is 68.6 Å². The number of esters is 1. The molecule has 0 aliphatic carbocycles. The van der Waals surface area contributed by atoms with Gasteiger partial charge in [-0.05, 0) is 31.2 Å². The topological polar surface area (TPSA) is 112 Å². The summed E-state index contributed by atoms with van der Waals surface area (Å²) >= 11 is 0. The SMILES string of the molecule is Cc1c(C2=NC(=Cc3coc4ccccc4c3=O)C(=O)O2)cccc1[N+](=O)[O-]. The molecule has 1 aliphatic rings. The highest BCUT2D eigenvalue weighted by atomic mass is 16.6. The van der Waals surface area contributed by atoms with E-state index >= 15 is 0 Å². The lowest BCUT2D eigenvalue weighted by Crippen LogP contribution is -2.08. The number of para-hydroxylation sites is 1. The number of hydrogen-bond acceptors (Lipinski definition) is 7. The molecule has 0 atom stereocenters. The summed E-state index contributed by atoms with van der Waals surface area (Å²) < 4.78 is 10.6. The summed E-state index contributed by atoms with van der Waals surface area (Å²) in [6, 6.07) is 11.2. The van der Waals surface area contributed by atoms with Crippen LogP contribution < -0.4 is 5.43 Å². The van der Waals surface area contributed by atoms with Gasteiger partial charge in [0.1, 0.15) is 11.8 Å². The average molecular weight is 376 g/mol. The van der Waals surface area contributed by atoms with Gasteiger partial charge in [0.15, 0.2) is 11.1 Å². The molecule has 0 saturated carbocycles. The monoisotopic (exact) mass is 376 g/mol. The standard InChI is InChI=1S/C20H12N2O6/c1-11-13(6-4-7-16(11)22(25)26)19-21-15(20(24)28-19)9-12-10-27-17-8-3-2-5-14(17)18(12)23/h2-10H,1H3. The molecule has 0 radical (unpaired) electrons. The number of aliphatic imine (C=N–C) groups is 1. The van der Waals surface area contributed by atoms with E-state index in [0.29, 0.717) is 22.1 Å². The normalized spacial score (nSPS) is 15.0. The zero-order chi connectivity index (χ0) is 19.8. The number of carbonyl (C=O) groups is 1. The van der Waals surface area contributed by atoms with Gasteiger partial charge in [0, 0.05) is 17.2 Å². The van der Waals surface area contributed by atoms with E-state index in [-0.39, 0.29) is 28.3 Å². The molecular weight excluding hydrogens is 364 g/mol. The maximum atomic E-state index is 12.6. The zero-order valence-electron chi connectivity index (χ0n) is 14.5. The van der Waals surface area contributed by atoms with Crippen LogP contribution in [0.5, 0.6) is 0 Å². The molecule has 2 aromatic carbocycles. The Bertz CT molecular complexity index is 1270. The number of ether oxygens (including phenoxy) is 1. The van der Waals surface area contributed by atoms with Gasteiger partial charge in [0.05, 0.1) is 15.9 Å². The van der Waals surface area contributed by atoms with Crippen LogP contribution in [0.25, 0.3) is 17.0 Å². The van der Waals surface area contributed by atoms with Gasteiger partial charge in [0.2, 0.25) is 5.90 Å². The fourth-order valence-electron chi connectivity index (χ4n) is 2.92. The average Bonchev–Trinajstić information content (AvgIpc) is 3.04. The number of nitrogens with zero attached hydrogens (tertiary/aromatic N) is 2. The van der Waals surface area contributed by atoms with Crippen molar-refractivity contribution < 1.29 is 18.9 Å². The second kappa shape index (κ2) is 6.58. The van der Waals surface area contributed by atoms with E-state index in [1.165, 1.54) is 24.5 Å². The van der Waals surface area contributed by atoms with Gasteiger partial charge in [0.25, 0.3) is 5.69 Å². The van der Waals surface area contributed by atoms with Crippen molar-refractivity contribution in [3.63, 3.8) is 0 Å². The predicted octanol–water partition coefficient (Wildman–Crippen LogP) is 3.35. The predicted molar refractivity (Wildman–Crippen MR) is 101 cm³/mol. The first-order valence-electron chi connectivity index (χ1n) is 8.23. The number of rotatable bonds is 3. The Labute approximate surface area is 157 Å². The third-order valence-electron chi connectivity index (χ3n) is 4.35. The summed E-state index contributed by atoms with van der Waals surface area (Å²) in [4.78, 5) is 39.5. The Morgan fingerprint density at radius 3 is 2.68 bits per heavy atom. The van der Waals surface area contributed by atoms with Crippen LogP contribution in [0.1, 0.15) is 16.7 Å². The van der Waals surface area contributed by atoms with E-state index in [9.17, 15) is 19.7 Å². The number of fused-ring (bicyclic) bond motifs is 1. The molecular formula is C20H12N2O6. The second-order valence-corrected chi connectivity index (χ2v) is 6.06. The maximum absolute atomic E-state index is 12.6. The molecule has 0 spiro atoms. The smallest absolute Gasteiger partial charge is 0.363 e. The number of benzene rings is 2. The van der Waals surface area contributed by atoms with Crippen molar-refractivity contribution in [2.45, 2.75) is 6.92 Å². The Balaban J connectivity index is 1.79. The number of nitro benzene ring substituents is 1. The highest BCUT2D eigenvalue weighted by Crippen LogP contribution is 2.26. The van der Waals surface area contributed by atoms with Crippen LogP contribution >= 0.6 is 0 Å². The first-order chi connectivity index (χ1) is 13.5. The fraction of sp³-hybridized carbons (Fsp3) is 0.0500. The van der Waals surface area contributed by atoms with Crippen LogP contribution in [0.2, 0.25) is 0 Å². The minimum Gasteiger partial charge on any atom is -0.463 e. The van der Waals surface area contributed by atoms with E-state index < -0.39 is 10.9 Å². The van der Waals surface area contributed by atoms with E-state index in [2.05, 4.69) is 4.99 Å². The molecule has 1 aliphatic heterocycles. The number of hydrogen-bond donors (Lipinski definition) is 0. The first kappa shape index (κ1) is 17.3. The number of cyclic esters (lactones) is 1. The van der Waals surface area contributed by atoms with Crippen molar-refractivity contribution in [3.8, 4) is 0 Å².